The smallest absolute Gasteiger partial charge is 0.346 e. The Morgan fingerprint density at radius 1 is 1.12 bits per heavy atom. The average Bonchev–Trinajstić information content (AvgIpc) is 2.98. The number of aryl methyl sites for hydroxylation is 1. The Bertz CT molecular complexity index is 1080. The molecule has 7 heteroatoms. The van der Waals surface area contributed by atoms with Crippen LogP contribution in [0.3, 0.4) is 0 Å². The summed E-state index contributed by atoms with van der Waals surface area (Å²) in [6.45, 7) is 1.72. The first kappa shape index (κ1) is 18.2. The van der Waals surface area contributed by atoms with Gasteiger partial charge in [-0.2, -0.15) is 0 Å². The Labute approximate surface area is 155 Å². The first-order chi connectivity index (χ1) is 12.3. The number of nitrogen functional groups attached to an aromatic ring is 1. The molecule has 3 rings (SSSR count). The molecule has 0 atom stereocenters. The highest BCUT2D eigenvalue weighted by atomic mass is 32.2. The van der Waals surface area contributed by atoms with Gasteiger partial charge in [0.1, 0.15) is 4.88 Å². The molecule has 0 unspecified atom stereocenters. The third-order valence-corrected chi connectivity index (χ3v) is 6.98. The summed E-state index contributed by atoms with van der Waals surface area (Å²) in [5.74, 6) is -1.50. The van der Waals surface area contributed by atoms with Gasteiger partial charge in [0.2, 0.25) is 0 Å². The average molecular weight is 387 g/mol. The molecule has 1 aromatic heterocycles. The van der Waals surface area contributed by atoms with Gasteiger partial charge in [-0.3, -0.25) is 0 Å². The van der Waals surface area contributed by atoms with Gasteiger partial charge in [0.05, 0.1) is 10.6 Å². The fourth-order valence-corrected chi connectivity index (χ4v) is 5.48. The van der Waals surface area contributed by atoms with Crippen molar-refractivity contribution in [2.75, 3.05) is 5.73 Å². The number of benzene rings is 2. The number of hydrogen-bond acceptors (Lipinski definition) is 5. The van der Waals surface area contributed by atoms with Crippen molar-refractivity contribution in [2.24, 2.45) is 0 Å². The van der Waals surface area contributed by atoms with E-state index in [2.05, 4.69) is 0 Å². The molecule has 0 aliphatic carbocycles. The molecule has 3 N–H and O–H groups in total. The van der Waals surface area contributed by atoms with Crippen molar-refractivity contribution >= 4 is 32.8 Å². The van der Waals surface area contributed by atoms with Crippen molar-refractivity contribution in [3.05, 3.63) is 70.6 Å². The Morgan fingerprint density at radius 3 is 2.50 bits per heavy atom. The number of carboxylic acids is 1. The van der Waals surface area contributed by atoms with Crippen LogP contribution in [0.4, 0.5) is 5.69 Å². The SMILES string of the molecule is Cc1ccccc1S(=O)(=O)Cc1cc(-c2cccc(N)c2)sc1C(=O)O. The largest absolute Gasteiger partial charge is 0.477 e. The van der Waals surface area contributed by atoms with Gasteiger partial charge < -0.3 is 10.8 Å². The minimum atomic E-state index is -3.66. The van der Waals surface area contributed by atoms with Crippen LogP contribution in [0.15, 0.2) is 59.5 Å². The first-order valence-electron chi connectivity index (χ1n) is 7.78. The minimum Gasteiger partial charge on any atom is -0.477 e. The molecule has 134 valence electrons. The predicted octanol–water partition coefficient (Wildman–Crippen LogP) is 3.98. The lowest BCUT2D eigenvalue weighted by molar-refractivity contribution is 0.0701. The predicted molar refractivity (Wildman–Crippen MR) is 103 cm³/mol. The maximum Gasteiger partial charge on any atom is 0.346 e. The van der Waals surface area contributed by atoms with Gasteiger partial charge in [-0.25, -0.2) is 13.2 Å². The zero-order chi connectivity index (χ0) is 18.9. The molecular formula is C19H17NO4S2. The topological polar surface area (TPSA) is 97.5 Å². The van der Waals surface area contributed by atoms with Gasteiger partial charge in [0.15, 0.2) is 9.84 Å². The van der Waals surface area contributed by atoms with E-state index in [0.717, 1.165) is 16.9 Å². The summed E-state index contributed by atoms with van der Waals surface area (Å²) in [7, 11) is -3.66. The molecule has 0 saturated carbocycles. The third-order valence-electron chi connectivity index (χ3n) is 3.95. The highest BCUT2D eigenvalue weighted by molar-refractivity contribution is 7.90. The summed E-state index contributed by atoms with van der Waals surface area (Å²) < 4.78 is 25.6. The van der Waals surface area contributed by atoms with E-state index in [1.807, 2.05) is 6.07 Å². The van der Waals surface area contributed by atoms with Gasteiger partial charge in [-0.15, -0.1) is 11.3 Å². The molecule has 0 amide bonds. The second-order valence-corrected chi connectivity index (χ2v) is 8.93. The maximum atomic E-state index is 12.8. The van der Waals surface area contributed by atoms with Crippen molar-refractivity contribution < 1.29 is 18.3 Å². The van der Waals surface area contributed by atoms with Crippen LogP contribution in [0.5, 0.6) is 0 Å². The molecule has 0 saturated heterocycles. The van der Waals surface area contributed by atoms with Gasteiger partial charge in [0.25, 0.3) is 0 Å². The quantitative estimate of drug-likeness (QED) is 0.646. The van der Waals surface area contributed by atoms with Crippen molar-refractivity contribution in [2.45, 2.75) is 17.6 Å². The lowest BCUT2D eigenvalue weighted by Crippen LogP contribution is -2.08. The zero-order valence-electron chi connectivity index (χ0n) is 14.0. The van der Waals surface area contributed by atoms with Crippen LogP contribution in [0, 0.1) is 6.92 Å². The van der Waals surface area contributed by atoms with Crippen LogP contribution in [-0.4, -0.2) is 19.5 Å². The Kier molecular flexibility index (Phi) is 4.84. The van der Waals surface area contributed by atoms with Crippen LogP contribution in [0.1, 0.15) is 20.8 Å². The van der Waals surface area contributed by atoms with E-state index in [1.165, 1.54) is 6.07 Å². The minimum absolute atomic E-state index is 0.0274. The number of rotatable bonds is 5. The lowest BCUT2D eigenvalue weighted by atomic mass is 10.1. The molecule has 0 spiro atoms. The second kappa shape index (κ2) is 6.93. The summed E-state index contributed by atoms with van der Waals surface area (Å²) in [6.07, 6.45) is 0. The van der Waals surface area contributed by atoms with Crippen LogP contribution in [-0.2, 0) is 15.6 Å². The van der Waals surface area contributed by atoms with E-state index in [4.69, 9.17) is 5.73 Å². The highest BCUT2D eigenvalue weighted by Gasteiger charge is 2.24. The molecule has 0 aliphatic rings. The van der Waals surface area contributed by atoms with Gasteiger partial charge in [0, 0.05) is 10.6 Å². The van der Waals surface area contributed by atoms with E-state index >= 15 is 0 Å². The van der Waals surface area contributed by atoms with Crippen LogP contribution in [0.25, 0.3) is 10.4 Å². The number of anilines is 1. The highest BCUT2D eigenvalue weighted by Crippen LogP contribution is 2.34. The summed E-state index contributed by atoms with van der Waals surface area (Å²) in [4.78, 5) is 12.5. The monoisotopic (exact) mass is 387 g/mol. The van der Waals surface area contributed by atoms with Gasteiger partial charge >= 0.3 is 5.97 Å². The molecule has 26 heavy (non-hydrogen) atoms. The van der Waals surface area contributed by atoms with Crippen molar-refractivity contribution in [3.8, 4) is 10.4 Å². The van der Waals surface area contributed by atoms with E-state index in [1.54, 1.807) is 49.4 Å². The molecule has 3 aromatic rings. The fraction of sp³-hybridized carbons (Fsp3) is 0.105. The van der Waals surface area contributed by atoms with Gasteiger partial charge in [-0.1, -0.05) is 30.3 Å². The standard InChI is InChI=1S/C19H17NO4S2/c1-12-5-2-3-8-17(12)26(23,24)11-14-10-16(25-18(14)19(21)22)13-6-4-7-15(20)9-13/h2-10H,11,20H2,1H3,(H,21,22). The number of carbonyl (C=O) groups is 1. The number of hydrogen-bond donors (Lipinski definition) is 2. The number of thiophene rings is 1. The Hall–Kier alpha value is -2.64. The number of sulfone groups is 1. The molecule has 0 fully saturated rings. The molecule has 1 heterocycles. The number of aromatic carboxylic acids is 1. The van der Waals surface area contributed by atoms with Crippen molar-refractivity contribution in [1.82, 2.24) is 0 Å². The van der Waals surface area contributed by atoms with Crippen LogP contribution in [0.2, 0.25) is 0 Å². The van der Waals surface area contributed by atoms with E-state index < -0.39 is 15.8 Å². The maximum absolute atomic E-state index is 12.8. The van der Waals surface area contributed by atoms with Crippen molar-refractivity contribution in [1.29, 1.82) is 0 Å². The van der Waals surface area contributed by atoms with Crippen LogP contribution >= 0.6 is 11.3 Å². The molecular weight excluding hydrogens is 370 g/mol. The normalized spacial score (nSPS) is 11.4. The summed E-state index contributed by atoms with van der Waals surface area (Å²) in [5.41, 5.74) is 8.02. The summed E-state index contributed by atoms with van der Waals surface area (Å²) in [6, 6.07) is 15.4. The van der Waals surface area contributed by atoms with E-state index in [9.17, 15) is 18.3 Å². The molecule has 0 bridgehead atoms. The molecule has 5 nitrogen and oxygen atoms in total. The molecule has 2 aromatic carbocycles. The second-order valence-electron chi connectivity index (χ2n) is 5.92. The van der Waals surface area contributed by atoms with E-state index in [0.29, 0.717) is 16.1 Å². The fourth-order valence-electron chi connectivity index (χ4n) is 2.74. The van der Waals surface area contributed by atoms with Crippen LogP contribution < -0.4 is 5.73 Å². The summed E-state index contributed by atoms with van der Waals surface area (Å²) in [5, 5.41) is 9.49. The zero-order valence-corrected chi connectivity index (χ0v) is 15.6. The van der Waals surface area contributed by atoms with Gasteiger partial charge in [-0.05, 0) is 47.9 Å². The van der Waals surface area contributed by atoms with E-state index in [-0.39, 0.29) is 21.1 Å². The molecule has 0 radical (unpaired) electrons. The number of carboxylic acid groups (broad SMARTS) is 1. The first-order valence-corrected chi connectivity index (χ1v) is 10.2. The lowest BCUT2D eigenvalue weighted by Gasteiger charge is -2.07. The number of nitrogens with two attached hydrogens (primary N) is 1. The summed E-state index contributed by atoms with van der Waals surface area (Å²) >= 11 is 1.05. The van der Waals surface area contributed by atoms with Crippen molar-refractivity contribution in [3.63, 3.8) is 0 Å². The third kappa shape index (κ3) is 3.63. The Morgan fingerprint density at radius 2 is 1.85 bits per heavy atom. The Balaban J connectivity index is 2.05. The molecule has 0 aliphatic heterocycles.